The van der Waals surface area contributed by atoms with Gasteiger partial charge in [0.05, 0.1) is 5.56 Å². The smallest absolute Gasteiger partial charge is 0.338 e. The number of hydrogen-bond acceptors (Lipinski definition) is 2. The van der Waals surface area contributed by atoms with E-state index in [4.69, 9.17) is 0 Å². The Kier molecular flexibility index (Phi) is 6.27. The summed E-state index contributed by atoms with van der Waals surface area (Å²) in [6.07, 6.45) is -2.15. The van der Waals surface area contributed by atoms with Crippen LogP contribution in [-0.2, 0) is 11.0 Å². The summed E-state index contributed by atoms with van der Waals surface area (Å²) in [7, 11) is 0. The van der Waals surface area contributed by atoms with Crippen LogP contribution in [0.4, 0.5) is 13.2 Å². The molecule has 2 unspecified atom stereocenters. The molecule has 134 valence electrons. The predicted octanol–water partition coefficient (Wildman–Crippen LogP) is 3.80. The molecule has 1 N–H and O–H groups in total. The molecule has 1 heterocycles. The van der Waals surface area contributed by atoms with Gasteiger partial charge in [-0.05, 0) is 43.0 Å². The molecule has 0 aromatic heterocycles. The molecular formula is C18H25F3N2O. The van der Waals surface area contributed by atoms with Gasteiger partial charge in [0, 0.05) is 25.6 Å². The lowest BCUT2D eigenvalue weighted by molar-refractivity contribution is -0.137. The van der Waals surface area contributed by atoms with Gasteiger partial charge in [-0.3, -0.25) is 4.79 Å². The van der Waals surface area contributed by atoms with Crippen LogP contribution in [-0.4, -0.2) is 36.5 Å². The quantitative estimate of drug-likeness (QED) is 0.853. The molecule has 1 aliphatic heterocycles. The maximum atomic E-state index is 12.6. The highest BCUT2D eigenvalue weighted by molar-refractivity contribution is 5.77. The summed E-state index contributed by atoms with van der Waals surface area (Å²) >= 11 is 0. The van der Waals surface area contributed by atoms with Gasteiger partial charge in [-0.25, -0.2) is 0 Å². The van der Waals surface area contributed by atoms with Crippen molar-refractivity contribution in [2.24, 2.45) is 0 Å². The summed E-state index contributed by atoms with van der Waals surface area (Å²) in [5, 5.41) is 3.27. The summed E-state index contributed by atoms with van der Waals surface area (Å²) in [6, 6.07) is 5.35. The summed E-state index contributed by atoms with van der Waals surface area (Å²) in [5.41, 5.74) is 0.103. The van der Waals surface area contributed by atoms with Gasteiger partial charge in [-0.1, -0.05) is 26.0 Å². The van der Waals surface area contributed by atoms with Crippen LogP contribution in [0.1, 0.15) is 50.2 Å². The molecule has 6 heteroatoms. The van der Waals surface area contributed by atoms with E-state index in [-0.39, 0.29) is 17.9 Å². The molecule has 1 aromatic rings. The zero-order valence-corrected chi connectivity index (χ0v) is 14.2. The number of nitrogens with zero attached hydrogens (tertiary/aromatic N) is 1. The number of alkyl halides is 3. The van der Waals surface area contributed by atoms with E-state index in [9.17, 15) is 18.0 Å². The molecular weight excluding hydrogens is 317 g/mol. The van der Waals surface area contributed by atoms with Crippen LogP contribution >= 0.6 is 0 Å². The zero-order valence-electron chi connectivity index (χ0n) is 14.2. The lowest BCUT2D eigenvalue weighted by Gasteiger charge is -2.29. The number of carbonyl (C=O) groups excluding carboxylic acids is 1. The van der Waals surface area contributed by atoms with Gasteiger partial charge in [0.2, 0.25) is 5.91 Å². The molecule has 1 fully saturated rings. The highest BCUT2D eigenvalue weighted by Crippen LogP contribution is 2.31. The highest BCUT2D eigenvalue weighted by atomic mass is 19.4. The van der Waals surface area contributed by atoms with E-state index in [0.29, 0.717) is 6.42 Å². The largest absolute Gasteiger partial charge is 0.416 e. The first-order valence-corrected chi connectivity index (χ1v) is 8.50. The van der Waals surface area contributed by atoms with E-state index < -0.39 is 11.7 Å². The van der Waals surface area contributed by atoms with Crippen molar-refractivity contribution in [2.75, 3.05) is 19.6 Å². The molecule has 24 heavy (non-hydrogen) atoms. The van der Waals surface area contributed by atoms with E-state index in [1.807, 2.05) is 18.7 Å². The minimum Gasteiger partial charge on any atom is -0.338 e. The molecule has 1 aromatic carbocycles. The van der Waals surface area contributed by atoms with E-state index >= 15 is 0 Å². The monoisotopic (exact) mass is 342 g/mol. The maximum absolute atomic E-state index is 12.6. The Balaban J connectivity index is 2.01. The van der Waals surface area contributed by atoms with Crippen LogP contribution in [0, 0.1) is 0 Å². The normalized spacial score (nSPS) is 19.3. The number of amides is 1. The Morgan fingerprint density at radius 1 is 1.33 bits per heavy atom. The summed E-state index contributed by atoms with van der Waals surface area (Å²) in [5.74, 6) is -0.0218. The van der Waals surface area contributed by atoms with Crippen molar-refractivity contribution in [3.05, 3.63) is 35.4 Å². The van der Waals surface area contributed by atoms with Crippen molar-refractivity contribution in [1.29, 1.82) is 0 Å². The minimum atomic E-state index is -4.33. The van der Waals surface area contributed by atoms with Crippen molar-refractivity contribution in [1.82, 2.24) is 10.2 Å². The van der Waals surface area contributed by atoms with Gasteiger partial charge in [-0.2, -0.15) is 13.2 Å². The lowest BCUT2D eigenvalue weighted by atomic mass is 9.95. The number of hydrogen-bond donors (Lipinski definition) is 1. The summed E-state index contributed by atoms with van der Waals surface area (Å²) in [4.78, 5) is 14.6. The Labute approximate surface area is 141 Å². The average molecular weight is 342 g/mol. The van der Waals surface area contributed by atoms with Gasteiger partial charge in [0.1, 0.15) is 0 Å². The molecule has 0 saturated carbocycles. The van der Waals surface area contributed by atoms with Crippen LogP contribution in [0.3, 0.4) is 0 Å². The molecule has 1 aliphatic rings. The maximum Gasteiger partial charge on any atom is 0.416 e. The molecule has 1 amide bonds. The molecule has 0 spiro atoms. The third-order valence-electron chi connectivity index (χ3n) is 4.55. The number of carbonyl (C=O) groups is 1. The molecule has 0 aliphatic carbocycles. The molecule has 0 radical (unpaired) electrons. The van der Waals surface area contributed by atoms with Crippen LogP contribution in [0.5, 0.6) is 0 Å². The van der Waals surface area contributed by atoms with Crippen molar-refractivity contribution >= 4 is 5.91 Å². The first-order chi connectivity index (χ1) is 11.3. The fraction of sp³-hybridized carbons (Fsp3) is 0.611. The van der Waals surface area contributed by atoms with Crippen LogP contribution in [0.15, 0.2) is 24.3 Å². The molecule has 2 atom stereocenters. The van der Waals surface area contributed by atoms with Crippen LogP contribution in [0.25, 0.3) is 0 Å². The van der Waals surface area contributed by atoms with Gasteiger partial charge >= 0.3 is 6.18 Å². The van der Waals surface area contributed by atoms with Gasteiger partial charge in [0.25, 0.3) is 0 Å². The number of halogens is 3. The first-order valence-electron chi connectivity index (χ1n) is 8.50. The second-order valence-corrected chi connectivity index (χ2v) is 6.46. The topological polar surface area (TPSA) is 32.3 Å². The number of rotatable bonds is 6. The van der Waals surface area contributed by atoms with Gasteiger partial charge in [0.15, 0.2) is 0 Å². The first kappa shape index (κ1) is 18.8. The second kappa shape index (κ2) is 8.01. The zero-order chi connectivity index (χ0) is 17.7. The minimum absolute atomic E-state index is 0.0814. The van der Waals surface area contributed by atoms with Crippen molar-refractivity contribution < 1.29 is 18.0 Å². The number of nitrogens with one attached hydrogen (secondary N) is 1. The van der Waals surface area contributed by atoms with E-state index in [1.165, 1.54) is 12.1 Å². The Bertz CT molecular complexity index is 536. The van der Waals surface area contributed by atoms with Gasteiger partial charge in [-0.15, -0.1) is 0 Å². The average Bonchev–Trinajstić information content (AvgIpc) is 3.05. The van der Waals surface area contributed by atoms with Crippen molar-refractivity contribution in [3.8, 4) is 0 Å². The lowest BCUT2D eigenvalue weighted by Crippen LogP contribution is -2.42. The fourth-order valence-electron chi connectivity index (χ4n) is 3.15. The van der Waals surface area contributed by atoms with E-state index in [0.717, 1.165) is 50.2 Å². The molecule has 1 saturated heterocycles. The number of benzene rings is 1. The van der Waals surface area contributed by atoms with Crippen LogP contribution < -0.4 is 5.32 Å². The molecule has 2 rings (SSSR count). The fourth-order valence-corrected chi connectivity index (χ4v) is 3.15. The third kappa shape index (κ3) is 4.72. The summed E-state index contributed by atoms with van der Waals surface area (Å²) < 4.78 is 37.9. The van der Waals surface area contributed by atoms with E-state index in [1.54, 1.807) is 0 Å². The Morgan fingerprint density at radius 2 is 2.00 bits per heavy atom. The SMILES string of the molecule is CCCN(C(=O)CC(C)c1ccc(C(F)(F)F)cc1)C1CCNC1. The summed E-state index contributed by atoms with van der Waals surface area (Å²) in [6.45, 7) is 6.40. The molecule has 0 bridgehead atoms. The Morgan fingerprint density at radius 3 is 2.50 bits per heavy atom. The molecule has 3 nitrogen and oxygen atoms in total. The van der Waals surface area contributed by atoms with Crippen LogP contribution in [0.2, 0.25) is 0 Å². The van der Waals surface area contributed by atoms with Gasteiger partial charge < -0.3 is 10.2 Å². The highest BCUT2D eigenvalue weighted by Gasteiger charge is 2.30. The third-order valence-corrected chi connectivity index (χ3v) is 4.55. The standard InChI is InChI=1S/C18H25F3N2O/c1-3-10-23(16-8-9-22-12-16)17(24)11-13(2)14-4-6-15(7-5-14)18(19,20)21/h4-7,13,16,22H,3,8-12H2,1-2H3. The van der Waals surface area contributed by atoms with E-state index in [2.05, 4.69) is 5.32 Å². The van der Waals surface area contributed by atoms with Crippen molar-refractivity contribution in [2.45, 2.75) is 51.2 Å². The predicted molar refractivity (Wildman–Crippen MR) is 87.8 cm³/mol. The van der Waals surface area contributed by atoms with Crippen molar-refractivity contribution in [3.63, 3.8) is 0 Å². The Hall–Kier alpha value is -1.56. The second-order valence-electron chi connectivity index (χ2n) is 6.46.